The van der Waals surface area contributed by atoms with Gasteiger partial charge in [0, 0.05) is 12.7 Å². The Kier molecular flexibility index (Phi) is 5.36. The molecule has 4 rings (SSSR count). The lowest BCUT2D eigenvalue weighted by Gasteiger charge is -2.21. The van der Waals surface area contributed by atoms with Crippen LogP contribution in [0.25, 0.3) is 11.6 Å². The predicted octanol–water partition coefficient (Wildman–Crippen LogP) is 2.68. The van der Waals surface area contributed by atoms with E-state index in [-0.39, 0.29) is 18.3 Å². The van der Waals surface area contributed by atoms with E-state index in [0.717, 1.165) is 6.42 Å². The van der Waals surface area contributed by atoms with Gasteiger partial charge >= 0.3 is 0 Å². The Bertz CT molecular complexity index is 1010. The van der Waals surface area contributed by atoms with Crippen molar-refractivity contribution in [3.05, 3.63) is 60.6 Å². The summed E-state index contributed by atoms with van der Waals surface area (Å²) in [6, 6.07) is 14.1. The standard InChI is InChI=1S/C19H20N4O4S/c24-28(25,14-13-26-15-7-2-1-3-8-15)23-12-6-10-17(23)19-22-21-18(27-19)16-9-4-5-11-20-16/h1-5,7-9,11,17H,6,10,12-14H2/t17-/m0/s1. The van der Waals surface area contributed by atoms with Crippen LogP contribution < -0.4 is 4.74 Å². The van der Waals surface area contributed by atoms with Crippen molar-refractivity contribution in [3.8, 4) is 17.3 Å². The summed E-state index contributed by atoms with van der Waals surface area (Å²) in [6.07, 6.45) is 3.02. The average molecular weight is 400 g/mol. The van der Waals surface area contributed by atoms with Crippen LogP contribution in [-0.2, 0) is 10.0 Å². The smallest absolute Gasteiger partial charge is 0.266 e. The molecule has 1 aliphatic heterocycles. The Labute approximate surface area is 163 Å². The van der Waals surface area contributed by atoms with Crippen LogP contribution in [-0.4, -0.2) is 46.8 Å². The van der Waals surface area contributed by atoms with Crippen molar-refractivity contribution < 1.29 is 17.6 Å². The summed E-state index contributed by atoms with van der Waals surface area (Å²) in [5.74, 6) is 1.12. The van der Waals surface area contributed by atoms with Crippen molar-refractivity contribution in [2.75, 3.05) is 18.9 Å². The first-order valence-corrected chi connectivity index (χ1v) is 10.7. The van der Waals surface area contributed by atoms with E-state index in [1.54, 1.807) is 30.5 Å². The maximum atomic E-state index is 12.8. The molecular formula is C19H20N4O4S. The highest BCUT2D eigenvalue weighted by molar-refractivity contribution is 7.89. The van der Waals surface area contributed by atoms with Crippen LogP contribution in [0.2, 0.25) is 0 Å². The number of pyridine rings is 1. The van der Waals surface area contributed by atoms with Gasteiger partial charge in [-0.2, -0.15) is 4.31 Å². The van der Waals surface area contributed by atoms with Gasteiger partial charge in [-0.05, 0) is 37.1 Å². The number of ether oxygens (including phenoxy) is 1. The number of aromatic nitrogens is 3. The Balaban J connectivity index is 1.45. The van der Waals surface area contributed by atoms with Crippen LogP contribution in [0.15, 0.2) is 59.1 Å². The van der Waals surface area contributed by atoms with E-state index >= 15 is 0 Å². The number of rotatable bonds is 7. The topological polar surface area (TPSA) is 98.4 Å². The zero-order valence-corrected chi connectivity index (χ0v) is 16.0. The number of nitrogens with zero attached hydrogens (tertiary/aromatic N) is 4. The molecule has 1 saturated heterocycles. The van der Waals surface area contributed by atoms with Crippen molar-refractivity contribution in [1.82, 2.24) is 19.5 Å². The molecule has 0 N–H and O–H groups in total. The fraction of sp³-hybridized carbons (Fsp3) is 0.316. The van der Waals surface area contributed by atoms with Crippen LogP contribution in [0.4, 0.5) is 0 Å². The zero-order valence-electron chi connectivity index (χ0n) is 15.1. The number of hydrogen-bond donors (Lipinski definition) is 0. The highest BCUT2D eigenvalue weighted by Crippen LogP contribution is 2.34. The Morgan fingerprint density at radius 1 is 1.11 bits per heavy atom. The molecule has 0 spiro atoms. The molecule has 0 saturated carbocycles. The molecule has 1 fully saturated rings. The van der Waals surface area contributed by atoms with E-state index < -0.39 is 16.1 Å². The highest BCUT2D eigenvalue weighted by Gasteiger charge is 2.38. The molecule has 0 aliphatic carbocycles. The Morgan fingerprint density at radius 3 is 2.71 bits per heavy atom. The van der Waals surface area contributed by atoms with Gasteiger partial charge in [0.25, 0.3) is 5.89 Å². The van der Waals surface area contributed by atoms with Gasteiger partial charge in [-0.15, -0.1) is 10.2 Å². The first-order chi connectivity index (χ1) is 13.6. The van der Waals surface area contributed by atoms with Crippen molar-refractivity contribution in [3.63, 3.8) is 0 Å². The third-order valence-electron chi connectivity index (χ3n) is 4.52. The van der Waals surface area contributed by atoms with E-state index in [2.05, 4.69) is 15.2 Å². The Hall–Kier alpha value is -2.78. The summed E-state index contributed by atoms with van der Waals surface area (Å²) in [6.45, 7) is 0.512. The van der Waals surface area contributed by atoms with Gasteiger partial charge in [0.15, 0.2) is 0 Å². The van der Waals surface area contributed by atoms with E-state index in [4.69, 9.17) is 9.15 Å². The van der Waals surface area contributed by atoms with E-state index in [0.29, 0.717) is 30.3 Å². The second kappa shape index (κ2) is 8.07. The number of hydrogen-bond acceptors (Lipinski definition) is 7. The minimum absolute atomic E-state index is 0.0819. The first kappa shape index (κ1) is 18.6. The van der Waals surface area contributed by atoms with Gasteiger partial charge in [0.05, 0.1) is 5.75 Å². The van der Waals surface area contributed by atoms with E-state index in [1.807, 2.05) is 24.3 Å². The molecule has 3 heterocycles. The van der Waals surface area contributed by atoms with Gasteiger partial charge in [0.2, 0.25) is 15.9 Å². The summed E-state index contributed by atoms with van der Waals surface area (Å²) >= 11 is 0. The van der Waals surface area contributed by atoms with Crippen LogP contribution in [0, 0.1) is 0 Å². The van der Waals surface area contributed by atoms with Gasteiger partial charge < -0.3 is 9.15 Å². The molecule has 2 aromatic heterocycles. The molecule has 9 heteroatoms. The summed E-state index contributed by atoms with van der Waals surface area (Å²) in [5, 5.41) is 8.10. The largest absolute Gasteiger partial charge is 0.492 e. The molecule has 28 heavy (non-hydrogen) atoms. The third-order valence-corrected chi connectivity index (χ3v) is 6.36. The SMILES string of the molecule is O=S(=O)(CCOc1ccccc1)N1CCC[C@H]1c1nnc(-c2ccccn2)o1. The third kappa shape index (κ3) is 4.05. The lowest BCUT2D eigenvalue weighted by atomic mass is 10.2. The summed E-state index contributed by atoms with van der Waals surface area (Å²) in [5.41, 5.74) is 0.560. The summed E-state index contributed by atoms with van der Waals surface area (Å²) in [7, 11) is -3.52. The number of sulfonamides is 1. The maximum absolute atomic E-state index is 12.8. The second-order valence-corrected chi connectivity index (χ2v) is 8.45. The minimum atomic E-state index is -3.52. The van der Waals surface area contributed by atoms with E-state index in [1.165, 1.54) is 4.31 Å². The predicted molar refractivity (Wildman–Crippen MR) is 102 cm³/mol. The minimum Gasteiger partial charge on any atom is -0.492 e. The van der Waals surface area contributed by atoms with Crippen LogP contribution in [0.1, 0.15) is 24.8 Å². The molecule has 0 amide bonds. The molecule has 1 aliphatic rings. The summed E-state index contributed by atoms with van der Waals surface area (Å²) in [4.78, 5) is 4.18. The zero-order chi connectivity index (χ0) is 19.4. The monoisotopic (exact) mass is 400 g/mol. The van der Waals surface area contributed by atoms with Gasteiger partial charge in [-0.3, -0.25) is 4.98 Å². The first-order valence-electron chi connectivity index (χ1n) is 9.06. The molecule has 8 nitrogen and oxygen atoms in total. The molecule has 0 unspecified atom stereocenters. The molecule has 0 bridgehead atoms. The molecule has 1 aromatic carbocycles. The van der Waals surface area contributed by atoms with Crippen molar-refractivity contribution in [1.29, 1.82) is 0 Å². The van der Waals surface area contributed by atoms with Crippen LogP contribution >= 0.6 is 0 Å². The maximum Gasteiger partial charge on any atom is 0.266 e. The molecule has 0 radical (unpaired) electrons. The van der Waals surface area contributed by atoms with Crippen molar-refractivity contribution in [2.24, 2.45) is 0 Å². The number of benzene rings is 1. The fourth-order valence-electron chi connectivity index (χ4n) is 3.18. The highest BCUT2D eigenvalue weighted by atomic mass is 32.2. The average Bonchev–Trinajstić information content (AvgIpc) is 3.39. The van der Waals surface area contributed by atoms with Crippen molar-refractivity contribution >= 4 is 10.0 Å². The molecule has 1 atom stereocenters. The quantitative estimate of drug-likeness (QED) is 0.601. The van der Waals surface area contributed by atoms with Gasteiger partial charge in [-0.1, -0.05) is 24.3 Å². The van der Waals surface area contributed by atoms with Crippen LogP contribution in [0.5, 0.6) is 5.75 Å². The van der Waals surface area contributed by atoms with Crippen molar-refractivity contribution in [2.45, 2.75) is 18.9 Å². The lowest BCUT2D eigenvalue weighted by Crippen LogP contribution is -2.34. The van der Waals surface area contributed by atoms with Crippen LogP contribution in [0.3, 0.4) is 0 Å². The fourth-order valence-corrected chi connectivity index (χ4v) is 4.70. The Morgan fingerprint density at radius 2 is 1.93 bits per heavy atom. The molecule has 3 aromatic rings. The number of para-hydroxylation sites is 1. The second-order valence-electron chi connectivity index (χ2n) is 6.41. The molecule has 146 valence electrons. The normalized spacial score (nSPS) is 17.6. The van der Waals surface area contributed by atoms with Gasteiger partial charge in [-0.25, -0.2) is 8.42 Å². The van der Waals surface area contributed by atoms with E-state index in [9.17, 15) is 8.42 Å². The van der Waals surface area contributed by atoms with Gasteiger partial charge in [0.1, 0.15) is 24.1 Å². The lowest BCUT2D eigenvalue weighted by molar-refractivity contribution is 0.316. The molecular weight excluding hydrogens is 380 g/mol. The summed E-state index contributed by atoms with van der Waals surface area (Å²) < 4.78 is 38.4.